The first-order valence-corrected chi connectivity index (χ1v) is 11.5. The van der Waals surface area contributed by atoms with Gasteiger partial charge in [0, 0.05) is 4.90 Å². The molecular weight excluding hydrogens is 499 g/mol. The summed E-state index contributed by atoms with van der Waals surface area (Å²) in [5.41, 5.74) is -6.03. The molecule has 174 valence electrons. The molecule has 0 radical (unpaired) electrons. The predicted molar refractivity (Wildman–Crippen MR) is 100 cm³/mol. The summed E-state index contributed by atoms with van der Waals surface area (Å²) in [6.45, 7) is -2.91. The van der Waals surface area contributed by atoms with Crippen molar-refractivity contribution >= 4 is 32.2 Å². The molecule has 0 aliphatic heterocycles. The van der Waals surface area contributed by atoms with Crippen molar-refractivity contribution in [2.45, 2.75) is 22.2 Å². The van der Waals surface area contributed by atoms with E-state index in [4.69, 9.17) is 0 Å². The summed E-state index contributed by atoms with van der Waals surface area (Å²) < 4.78 is 128. The molecule has 0 atom stereocenters. The summed E-state index contributed by atoms with van der Waals surface area (Å²) in [4.78, 5) is 0.375. The molecule has 0 saturated carbocycles. The average molecular weight is 513 g/mol. The van der Waals surface area contributed by atoms with Crippen LogP contribution in [0.2, 0.25) is 0 Å². The third-order valence-electron chi connectivity index (χ3n) is 3.12. The van der Waals surface area contributed by atoms with Gasteiger partial charge < -0.3 is 0 Å². The van der Waals surface area contributed by atoms with Crippen LogP contribution in [0.4, 0.5) is 30.2 Å². The number of halogens is 7. The Hall–Kier alpha value is -1.84. The van der Waals surface area contributed by atoms with Crippen LogP contribution in [0.25, 0.3) is 0 Å². The normalized spacial score (nSPS) is 12.9. The highest BCUT2D eigenvalue weighted by atomic mass is 32.3. The van der Waals surface area contributed by atoms with Gasteiger partial charge in [0.1, 0.15) is 0 Å². The molecule has 0 unspecified atom stereocenters. The number of benzene rings is 2. The maximum atomic E-state index is 12.8. The molecule has 0 aromatic heterocycles. The highest BCUT2D eigenvalue weighted by Crippen LogP contribution is 2.35. The van der Waals surface area contributed by atoms with Crippen molar-refractivity contribution in [2.24, 2.45) is 0 Å². The first-order chi connectivity index (χ1) is 14.1. The second-order valence-electron chi connectivity index (χ2n) is 5.50. The van der Waals surface area contributed by atoms with Crippen molar-refractivity contribution in [1.29, 1.82) is 0 Å². The van der Waals surface area contributed by atoms with Gasteiger partial charge in [-0.3, -0.25) is 0 Å². The molecule has 0 spiro atoms. The Balaban J connectivity index is 0.000000343. The zero-order chi connectivity index (χ0) is 23.9. The summed E-state index contributed by atoms with van der Waals surface area (Å²) in [6, 6.07) is 14.5. The number of nitrogens with zero attached hydrogens (tertiary/aromatic N) is 1. The summed E-state index contributed by atoms with van der Waals surface area (Å²) in [6.07, 6.45) is 0. The molecule has 15 heteroatoms. The monoisotopic (exact) mass is 513 g/mol. The highest BCUT2D eigenvalue weighted by Gasteiger charge is 2.54. The largest absolute Gasteiger partial charge is 0.512 e. The van der Waals surface area contributed by atoms with Gasteiger partial charge in [-0.1, -0.05) is 56.1 Å². The first kappa shape index (κ1) is 27.2. The van der Waals surface area contributed by atoms with Crippen LogP contribution in [0.5, 0.6) is 0 Å². The third kappa shape index (κ3) is 8.66. The second-order valence-corrected chi connectivity index (χ2v) is 10.1. The fourth-order valence-electron chi connectivity index (χ4n) is 1.82. The topological polar surface area (TPSA) is 71.5 Å². The Morgan fingerprint density at radius 1 is 0.806 bits per heavy atom. The lowest BCUT2D eigenvalue weighted by Crippen LogP contribution is -2.42. The molecule has 0 fully saturated rings. The van der Waals surface area contributed by atoms with E-state index in [0.717, 1.165) is 12.1 Å². The van der Waals surface area contributed by atoms with Gasteiger partial charge in [0.2, 0.25) is 0 Å². The minimum atomic E-state index is -6.32. The Labute approximate surface area is 178 Å². The molecular formula is C16H14F7NO4S3. The molecule has 2 aromatic carbocycles. The summed E-state index contributed by atoms with van der Waals surface area (Å²) in [5, 5.41) is -3.30. The van der Waals surface area contributed by atoms with E-state index < -0.39 is 48.1 Å². The molecule has 0 bridgehead atoms. The molecule has 0 aliphatic rings. The van der Waals surface area contributed by atoms with Crippen molar-refractivity contribution in [3.8, 4) is 0 Å². The van der Waals surface area contributed by atoms with Crippen LogP contribution in [-0.4, -0.2) is 38.0 Å². The van der Waals surface area contributed by atoms with Crippen LogP contribution in [-0.2, 0) is 27.0 Å². The van der Waals surface area contributed by atoms with E-state index in [1.807, 2.05) is 0 Å². The van der Waals surface area contributed by atoms with E-state index in [9.17, 15) is 47.1 Å². The van der Waals surface area contributed by atoms with Gasteiger partial charge in [-0.15, -0.1) is 0 Å². The number of rotatable bonds is 7. The molecule has 0 heterocycles. The van der Waals surface area contributed by atoms with Crippen LogP contribution < -0.4 is 0 Å². The molecule has 5 nitrogen and oxygen atoms in total. The molecule has 2 rings (SSSR count). The first-order valence-electron chi connectivity index (χ1n) is 7.86. The molecule has 0 aliphatic carbocycles. The quantitative estimate of drug-likeness (QED) is 0.300. The number of hydrogen-bond donors (Lipinski definition) is 0. The zero-order valence-electron chi connectivity index (χ0n) is 15.1. The van der Waals surface area contributed by atoms with Crippen molar-refractivity contribution in [1.82, 2.24) is 3.71 Å². The smallest absolute Gasteiger partial charge is 0.243 e. The van der Waals surface area contributed by atoms with Gasteiger partial charge in [-0.25, -0.2) is 12.8 Å². The van der Waals surface area contributed by atoms with E-state index in [-0.39, 0.29) is 17.3 Å². The van der Waals surface area contributed by atoms with E-state index in [1.54, 1.807) is 18.2 Å². The summed E-state index contributed by atoms with van der Waals surface area (Å²) in [7, 11) is -12.4. The zero-order valence-corrected chi connectivity index (χ0v) is 17.6. The van der Waals surface area contributed by atoms with Gasteiger partial charge in [0.25, 0.3) is 0 Å². The Kier molecular flexibility index (Phi) is 9.34. The molecule has 31 heavy (non-hydrogen) atoms. The number of thioether (sulfide) groups is 1. The fourth-order valence-corrected chi connectivity index (χ4v) is 4.55. The van der Waals surface area contributed by atoms with Crippen LogP contribution in [0.15, 0.2) is 65.6 Å². The molecule has 0 saturated heterocycles. The van der Waals surface area contributed by atoms with Gasteiger partial charge in [0.05, 0.1) is 6.54 Å². The van der Waals surface area contributed by atoms with Crippen molar-refractivity contribution < 1.29 is 47.1 Å². The lowest BCUT2D eigenvalue weighted by molar-refractivity contribution is -0.0472. The van der Waals surface area contributed by atoms with Gasteiger partial charge >= 0.3 is 31.2 Å². The maximum Gasteiger partial charge on any atom is 0.512 e. The van der Waals surface area contributed by atoms with Crippen LogP contribution in [0.1, 0.15) is 5.56 Å². The second kappa shape index (κ2) is 10.7. The van der Waals surface area contributed by atoms with Gasteiger partial charge in [-0.05, 0) is 29.5 Å². The Morgan fingerprint density at radius 2 is 1.26 bits per heavy atom. The summed E-state index contributed by atoms with van der Waals surface area (Å²) >= 11 is 0.238. The highest BCUT2D eigenvalue weighted by molar-refractivity contribution is 8.02. The van der Waals surface area contributed by atoms with Crippen molar-refractivity contribution in [2.75, 3.05) is 6.67 Å². The van der Waals surface area contributed by atoms with E-state index in [0.29, 0.717) is 4.90 Å². The van der Waals surface area contributed by atoms with E-state index in [2.05, 4.69) is 0 Å². The SMILES string of the molecule is FCC(F)(F)Sc1ccccc1.O=S(=O)(F)N(Cc1ccccc1)S(=O)(=O)C(F)(F)F. The van der Waals surface area contributed by atoms with Crippen molar-refractivity contribution in [3.63, 3.8) is 0 Å². The summed E-state index contributed by atoms with van der Waals surface area (Å²) in [5.74, 6) is 0. The van der Waals surface area contributed by atoms with Crippen LogP contribution >= 0.6 is 11.8 Å². The minimum absolute atomic E-state index is 0.114. The van der Waals surface area contributed by atoms with Gasteiger partial charge in [0.15, 0.2) is 6.67 Å². The Bertz CT molecular complexity index is 1030. The van der Waals surface area contributed by atoms with Gasteiger partial charge in [-0.2, -0.15) is 30.4 Å². The molecule has 2 aromatic rings. The lowest BCUT2D eigenvalue weighted by atomic mass is 10.2. The lowest BCUT2D eigenvalue weighted by Gasteiger charge is -2.18. The number of alkyl halides is 6. The molecule has 0 amide bonds. The number of hydrogen-bond acceptors (Lipinski definition) is 5. The molecule has 0 N–H and O–H groups in total. The third-order valence-corrected chi connectivity index (χ3v) is 7.03. The number of sulfonamides is 1. The standard InChI is InChI=1S/C8H7F4NO4S2.C8H7F3S/c9-8(10,11)18(14,15)13(19(12,16)17)6-7-4-2-1-3-5-7;9-6-8(10,11)12-7-4-2-1-3-5-7/h1-5H,6H2;1-5H,6H2. The van der Waals surface area contributed by atoms with Crippen molar-refractivity contribution in [3.05, 3.63) is 66.2 Å². The Morgan fingerprint density at radius 3 is 1.65 bits per heavy atom. The minimum Gasteiger partial charge on any atom is -0.243 e. The maximum absolute atomic E-state index is 12.8. The average Bonchev–Trinajstić information content (AvgIpc) is 2.66. The predicted octanol–water partition coefficient (Wildman–Crippen LogP) is 4.89. The van der Waals surface area contributed by atoms with Crippen LogP contribution in [0.3, 0.4) is 0 Å². The van der Waals surface area contributed by atoms with Crippen LogP contribution in [0, 0.1) is 0 Å². The van der Waals surface area contributed by atoms with E-state index in [1.165, 1.54) is 30.3 Å². The van der Waals surface area contributed by atoms with E-state index >= 15 is 0 Å². The fraction of sp³-hybridized carbons (Fsp3) is 0.250.